The maximum Gasteiger partial charge on any atom is 0.222 e. The molecule has 0 spiro atoms. The predicted octanol–water partition coefficient (Wildman–Crippen LogP) is 2.20. The molecule has 0 fully saturated rings. The van der Waals surface area contributed by atoms with Gasteiger partial charge in [-0.15, -0.1) is 0 Å². The summed E-state index contributed by atoms with van der Waals surface area (Å²) < 4.78 is 0. The number of hydrogen-bond donors (Lipinski definition) is 1. The van der Waals surface area contributed by atoms with Crippen molar-refractivity contribution in [3.8, 4) is 0 Å². The zero-order valence-corrected chi connectivity index (χ0v) is 8.79. The summed E-state index contributed by atoms with van der Waals surface area (Å²) in [5.41, 5.74) is 1.31. The van der Waals surface area contributed by atoms with Crippen LogP contribution in [0.1, 0.15) is 19.8 Å². The van der Waals surface area contributed by atoms with E-state index in [-0.39, 0.29) is 11.8 Å². The average molecular weight is 191 g/mol. The van der Waals surface area contributed by atoms with Crippen LogP contribution in [0, 0.1) is 5.92 Å². The van der Waals surface area contributed by atoms with Crippen LogP contribution in [0.25, 0.3) is 0 Å². The fraction of sp³-hybridized carbons (Fsp3) is 0.417. The fourth-order valence-corrected chi connectivity index (χ4v) is 1.51. The van der Waals surface area contributed by atoms with Crippen LogP contribution in [-0.2, 0) is 4.79 Å². The minimum atomic E-state index is 0.0612. The van der Waals surface area contributed by atoms with Crippen LogP contribution in [0.5, 0.6) is 0 Å². The van der Waals surface area contributed by atoms with Crippen molar-refractivity contribution in [3.05, 3.63) is 36.0 Å². The van der Waals surface area contributed by atoms with Gasteiger partial charge in [0.25, 0.3) is 0 Å². The Bertz CT molecular complexity index is 287. The molecule has 0 saturated heterocycles. The Morgan fingerprint density at radius 2 is 2.29 bits per heavy atom. The minimum absolute atomic E-state index is 0.0612. The fourth-order valence-electron chi connectivity index (χ4n) is 1.51. The van der Waals surface area contributed by atoms with Gasteiger partial charge in [-0.2, -0.15) is 0 Å². The van der Waals surface area contributed by atoms with Gasteiger partial charge in [0.15, 0.2) is 0 Å². The molecule has 2 heteroatoms. The van der Waals surface area contributed by atoms with E-state index in [0.717, 1.165) is 12.8 Å². The van der Waals surface area contributed by atoms with Gasteiger partial charge in [-0.1, -0.05) is 42.9 Å². The van der Waals surface area contributed by atoms with Crippen LogP contribution in [0.3, 0.4) is 0 Å². The summed E-state index contributed by atoms with van der Waals surface area (Å²) in [5, 5.41) is 2.67. The van der Waals surface area contributed by atoms with Gasteiger partial charge in [-0.25, -0.2) is 0 Å². The summed E-state index contributed by atoms with van der Waals surface area (Å²) in [6.45, 7) is 1.96. The van der Waals surface area contributed by atoms with Crippen LogP contribution in [0.4, 0.5) is 0 Å². The summed E-state index contributed by atoms with van der Waals surface area (Å²) in [7, 11) is 1.68. The zero-order chi connectivity index (χ0) is 10.4. The number of carbonyl (C=O) groups excluding carboxylic acids is 1. The first-order valence-corrected chi connectivity index (χ1v) is 4.97. The molecule has 1 rings (SSSR count). The first-order chi connectivity index (χ1) is 6.74. The van der Waals surface area contributed by atoms with Gasteiger partial charge in [0.05, 0.1) is 0 Å². The van der Waals surface area contributed by atoms with Gasteiger partial charge in [-0.3, -0.25) is 4.79 Å². The molecule has 1 aliphatic rings. The van der Waals surface area contributed by atoms with Gasteiger partial charge in [-0.05, 0) is 12.8 Å². The number of rotatable bonds is 3. The predicted molar refractivity (Wildman–Crippen MR) is 58.8 cm³/mol. The molecule has 0 saturated carbocycles. The highest BCUT2D eigenvalue weighted by Crippen LogP contribution is 2.17. The molecule has 1 atom stereocenters. The standard InChI is InChI=1S/C12H17NO/c1-10(12(14)13-2)9-11-7-5-3-4-6-8-11/h3-7,10H,8-9H2,1-2H3,(H,13,14). The van der Waals surface area contributed by atoms with E-state index in [2.05, 4.69) is 17.5 Å². The topological polar surface area (TPSA) is 29.1 Å². The minimum Gasteiger partial charge on any atom is -0.359 e. The molecule has 2 nitrogen and oxygen atoms in total. The third-order valence-corrected chi connectivity index (χ3v) is 2.33. The molecule has 0 bridgehead atoms. The van der Waals surface area contributed by atoms with Crippen LogP contribution in [-0.4, -0.2) is 13.0 Å². The highest BCUT2D eigenvalue weighted by molar-refractivity contribution is 5.78. The SMILES string of the molecule is CNC(=O)C(C)CC1=CC=CC=CC1. The second-order valence-corrected chi connectivity index (χ2v) is 3.56. The van der Waals surface area contributed by atoms with Crippen molar-refractivity contribution >= 4 is 5.91 Å². The Labute approximate surface area is 85.4 Å². The molecule has 1 aliphatic carbocycles. The first-order valence-electron chi connectivity index (χ1n) is 4.97. The number of hydrogen-bond acceptors (Lipinski definition) is 1. The molecule has 1 unspecified atom stereocenters. The molecule has 0 aromatic carbocycles. The zero-order valence-electron chi connectivity index (χ0n) is 8.79. The number of nitrogens with one attached hydrogen (secondary N) is 1. The van der Waals surface area contributed by atoms with Crippen molar-refractivity contribution in [1.29, 1.82) is 0 Å². The molecule has 1 N–H and O–H groups in total. The third-order valence-electron chi connectivity index (χ3n) is 2.33. The third kappa shape index (κ3) is 3.21. The van der Waals surface area contributed by atoms with Gasteiger partial charge in [0, 0.05) is 13.0 Å². The van der Waals surface area contributed by atoms with Crippen molar-refractivity contribution < 1.29 is 4.79 Å². The lowest BCUT2D eigenvalue weighted by Gasteiger charge is -2.11. The van der Waals surface area contributed by atoms with Crippen molar-refractivity contribution in [3.63, 3.8) is 0 Å². The van der Waals surface area contributed by atoms with E-state index in [1.54, 1.807) is 7.05 Å². The molecule has 0 aromatic rings. The Balaban J connectivity index is 2.51. The Morgan fingerprint density at radius 3 is 3.00 bits per heavy atom. The largest absolute Gasteiger partial charge is 0.359 e. The van der Waals surface area contributed by atoms with E-state index < -0.39 is 0 Å². The summed E-state index contributed by atoms with van der Waals surface area (Å²) >= 11 is 0. The molecule has 0 heterocycles. The van der Waals surface area contributed by atoms with E-state index in [4.69, 9.17) is 0 Å². The van der Waals surface area contributed by atoms with Crippen LogP contribution in [0.15, 0.2) is 36.0 Å². The highest BCUT2D eigenvalue weighted by atomic mass is 16.1. The molecular formula is C12H17NO. The Morgan fingerprint density at radius 1 is 1.50 bits per heavy atom. The van der Waals surface area contributed by atoms with E-state index in [1.807, 2.05) is 25.2 Å². The van der Waals surface area contributed by atoms with Crippen LogP contribution < -0.4 is 5.32 Å². The normalized spacial score (nSPS) is 17.1. The van der Waals surface area contributed by atoms with Crippen molar-refractivity contribution in [1.82, 2.24) is 5.32 Å². The van der Waals surface area contributed by atoms with Crippen molar-refractivity contribution in [2.45, 2.75) is 19.8 Å². The summed E-state index contributed by atoms with van der Waals surface area (Å²) in [6, 6.07) is 0. The van der Waals surface area contributed by atoms with Gasteiger partial charge >= 0.3 is 0 Å². The van der Waals surface area contributed by atoms with E-state index in [0.29, 0.717) is 0 Å². The summed E-state index contributed by atoms with van der Waals surface area (Å²) in [6.07, 6.45) is 12.1. The quantitative estimate of drug-likeness (QED) is 0.728. The van der Waals surface area contributed by atoms with Crippen LogP contribution >= 0.6 is 0 Å². The first kappa shape index (κ1) is 10.8. The lowest BCUT2D eigenvalue weighted by Crippen LogP contribution is -2.25. The average Bonchev–Trinajstić information content (AvgIpc) is 2.45. The van der Waals surface area contributed by atoms with E-state index in [1.165, 1.54) is 5.57 Å². The molecule has 14 heavy (non-hydrogen) atoms. The highest BCUT2D eigenvalue weighted by Gasteiger charge is 2.12. The second-order valence-electron chi connectivity index (χ2n) is 3.56. The van der Waals surface area contributed by atoms with E-state index in [9.17, 15) is 4.79 Å². The Kier molecular flexibility index (Phi) is 4.17. The second kappa shape index (κ2) is 5.43. The van der Waals surface area contributed by atoms with Crippen LogP contribution in [0.2, 0.25) is 0 Å². The lowest BCUT2D eigenvalue weighted by atomic mass is 9.98. The molecule has 76 valence electrons. The van der Waals surface area contributed by atoms with Crippen molar-refractivity contribution in [2.75, 3.05) is 7.05 Å². The number of amides is 1. The Hall–Kier alpha value is -1.31. The monoisotopic (exact) mass is 191 g/mol. The lowest BCUT2D eigenvalue weighted by molar-refractivity contribution is -0.123. The molecule has 0 aliphatic heterocycles. The molecule has 1 amide bonds. The van der Waals surface area contributed by atoms with Gasteiger partial charge in [0.1, 0.15) is 0 Å². The van der Waals surface area contributed by atoms with E-state index >= 15 is 0 Å². The smallest absolute Gasteiger partial charge is 0.222 e. The number of allylic oxidation sites excluding steroid dienone is 6. The molecular weight excluding hydrogens is 174 g/mol. The van der Waals surface area contributed by atoms with Gasteiger partial charge in [0.2, 0.25) is 5.91 Å². The summed E-state index contributed by atoms with van der Waals surface area (Å²) in [5.74, 6) is 0.175. The maximum atomic E-state index is 11.3. The molecule has 0 radical (unpaired) electrons. The van der Waals surface area contributed by atoms with Gasteiger partial charge < -0.3 is 5.32 Å². The molecule has 0 aromatic heterocycles. The van der Waals surface area contributed by atoms with Crippen molar-refractivity contribution in [2.24, 2.45) is 5.92 Å². The number of carbonyl (C=O) groups is 1. The maximum absolute atomic E-state index is 11.3. The summed E-state index contributed by atoms with van der Waals surface area (Å²) in [4.78, 5) is 11.3.